The molecule has 2 rings (SSSR count). The van der Waals surface area contributed by atoms with Crippen LogP contribution in [0.5, 0.6) is 11.5 Å². The van der Waals surface area contributed by atoms with Gasteiger partial charge in [0.1, 0.15) is 0 Å². The van der Waals surface area contributed by atoms with Crippen molar-refractivity contribution >= 4 is 9.84 Å². The van der Waals surface area contributed by atoms with Gasteiger partial charge in [-0.2, -0.15) is 0 Å². The molecular weight excluding hydrogens is 300 g/mol. The van der Waals surface area contributed by atoms with Crippen molar-refractivity contribution in [1.29, 1.82) is 0 Å². The Balaban J connectivity index is 2.42. The maximum absolute atomic E-state index is 12.7. The first-order chi connectivity index (χ1) is 10.4. The second-order valence-corrected chi connectivity index (χ2v) is 7.38. The van der Waals surface area contributed by atoms with Gasteiger partial charge in [0.2, 0.25) is 0 Å². The van der Waals surface area contributed by atoms with Crippen molar-refractivity contribution in [3.05, 3.63) is 53.6 Å². The highest BCUT2D eigenvalue weighted by molar-refractivity contribution is 7.91. The van der Waals surface area contributed by atoms with Crippen LogP contribution in [0.3, 0.4) is 0 Å². The molecular formula is C17H20O4S. The molecule has 0 aliphatic heterocycles. The van der Waals surface area contributed by atoms with Crippen LogP contribution in [-0.2, 0) is 9.84 Å². The first kappa shape index (κ1) is 16.4. The Labute approximate surface area is 131 Å². The molecule has 4 nitrogen and oxygen atoms in total. The molecule has 0 amide bonds. The van der Waals surface area contributed by atoms with E-state index in [2.05, 4.69) is 0 Å². The molecule has 22 heavy (non-hydrogen) atoms. The van der Waals surface area contributed by atoms with Gasteiger partial charge in [-0.25, -0.2) is 8.42 Å². The lowest BCUT2D eigenvalue weighted by molar-refractivity contribution is 0.354. The van der Waals surface area contributed by atoms with Crippen LogP contribution in [0.1, 0.15) is 23.3 Å². The Kier molecular flexibility index (Phi) is 4.76. The van der Waals surface area contributed by atoms with E-state index >= 15 is 0 Å². The van der Waals surface area contributed by atoms with E-state index in [-0.39, 0.29) is 0 Å². The number of methoxy groups -OCH3 is 2. The molecule has 0 N–H and O–H groups in total. The Bertz CT molecular complexity index is 749. The summed E-state index contributed by atoms with van der Waals surface area (Å²) >= 11 is 0. The first-order valence-electron chi connectivity index (χ1n) is 6.92. The summed E-state index contributed by atoms with van der Waals surface area (Å²) in [6.07, 6.45) is 0. The average molecular weight is 320 g/mol. The lowest BCUT2D eigenvalue weighted by Gasteiger charge is -2.16. The summed E-state index contributed by atoms with van der Waals surface area (Å²) in [5.74, 6) is 1.09. The summed E-state index contributed by atoms with van der Waals surface area (Å²) in [6.45, 7) is 3.60. The standard InChI is InChI=1S/C17H20O4S/c1-12-5-8-15(9-6-12)22(18,19)13(2)14-7-10-16(20-3)17(11-14)21-4/h5-11,13H,1-4H3/t13-/m1/s1. The lowest BCUT2D eigenvalue weighted by Crippen LogP contribution is -2.11. The first-order valence-corrected chi connectivity index (χ1v) is 8.47. The molecule has 0 aliphatic carbocycles. The lowest BCUT2D eigenvalue weighted by atomic mass is 10.1. The van der Waals surface area contributed by atoms with Gasteiger partial charge in [0, 0.05) is 0 Å². The van der Waals surface area contributed by atoms with E-state index in [0.29, 0.717) is 22.0 Å². The van der Waals surface area contributed by atoms with E-state index in [1.54, 1.807) is 56.5 Å². The molecule has 0 saturated carbocycles. The second kappa shape index (κ2) is 6.40. The normalized spacial score (nSPS) is 12.7. The highest BCUT2D eigenvalue weighted by Crippen LogP contribution is 2.34. The molecule has 1 atom stereocenters. The SMILES string of the molecule is COc1ccc([C@@H](C)S(=O)(=O)c2ccc(C)cc2)cc1OC. The molecule has 2 aromatic carbocycles. The summed E-state index contributed by atoms with van der Waals surface area (Å²) < 4.78 is 35.9. The summed E-state index contributed by atoms with van der Waals surface area (Å²) in [5, 5.41) is -0.671. The predicted molar refractivity (Wildman–Crippen MR) is 86.3 cm³/mol. The fourth-order valence-corrected chi connectivity index (χ4v) is 3.65. The summed E-state index contributed by atoms with van der Waals surface area (Å²) in [6, 6.07) is 12.1. The Morgan fingerprint density at radius 2 is 1.50 bits per heavy atom. The van der Waals surface area contributed by atoms with Crippen molar-refractivity contribution in [1.82, 2.24) is 0 Å². The van der Waals surface area contributed by atoms with E-state index in [1.165, 1.54) is 7.11 Å². The van der Waals surface area contributed by atoms with Crippen LogP contribution in [0.4, 0.5) is 0 Å². The Hall–Kier alpha value is -2.01. The number of hydrogen-bond donors (Lipinski definition) is 0. The Morgan fingerprint density at radius 1 is 0.909 bits per heavy atom. The third kappa shape index (κ3) is 3.09. The molecule has 0 saturated heterocycles. The molecule has 0 fully saturated rings. The fourth-order valence-electron chi connectivity index (χ4n) is 2.22. The zero-order valence-corrected chi connectivity index (χ0v) is 14.0. The van der Waals surface area contributed by atoms with Crippen molar-refractivity contribution in [3.63, 3.8) is 0 Å². The van der Waals surface area contributed by atoms with Crippen LogP contribution in [0.2, 0.25) is 0 Å². The minimum atomic E-state index is -3.45. The molecule has 0 heterocycles. The Morgan fingerprint density at radius 3 is 2.05 bits per heavy atom. The van der Waals surface area contributed by atoms with Crippen LogP contribution >= 0.6 is 0 Å². The van der Waals surface area contributed by atoms with Gasteiger partial charge in [-0.05, 0) is 43.7 Å². The van der Waals surface area contributed by atoms with Crippen molar-refractivity contribution in [2.24, 2.45) is 0 Å². The van der Waals surface area contributed by atoms with Gasteiger partial charge in [0.05, 0.1) is 24.4 Å². The zero-order chi connectivity index (χ0) is 16.3. The number of hydrogen-bond acceptors (Lipinski definition) is 4. The van der Waals surface area contributed by atoms with Gasteiger partial charge in [-0.1, -0.05) is 23.8 Å². The highest BCUT2D eigenvalue weighted by atomic mass is 32.2. The molecule has 0 radical (unpaired) electrons. The molecule has 0 aromatic heterocycles. The van der Waals surface area contributed by atoms with Crippen LogP contribution in [-0.4, -0.2) is 22.6 Å². The predicted octanol–water partition coefficient (Wildman–Crippen LogP) is 3.55. The maximum atomic E-state index is 12.7. The molecule has 0 spiro atoms. The van der Waals surface area contributed by atoms with E-state index in [9.17, 15) is 8.42 Å². The molecule has 0 aliphatic rings. The molecule has 0 bridgehead atoms. The van der Waals surface area contributed by atoms with E-state index in [1.807, 2.05) is 6.92 Å². The van der Waals surface area contributed by atoms with Crippen LogP contribution in [0.15, 0.2) is 47.4 Å². The third-order valence-corrected chi connectivity index (χ3v) is 5.82. The van der Waals surface area contributed by atoms with Crippen molar-refractivity contribution < 1.29 is 17.9 Å². The van der Waals surface area contributed by atoms with Crippen LogP contribution in [0, 0.1) is 6.92 Å². The molecule has 0 unspecified atom stereocenters. The maximum Gasteiger partial charge on any atom is 0.185 e. The third-order valence-electron chi connectivity index (χ3n) is 3.69. The molecule has 118 valence electrons. The molecule has 2 aromatic rings. The number of sulfone groups is 1. The van der Waals surface area contributed by atoms with Crippen LogP contribution in [0.25, 0.3) is 0 Å². The van der Waals surface area contributed by atoms with Crippen molar-refractivity contribution in [2.45, 2.75) is 24.0 Å². The summed E-state index contributed by atoms with van der Waals surface area (Å²) in [7, 11) is -0.376. The van der Waals surface area contributed by atoms with Gasteiger partial charge in [-0.3, -0.25) is 0 Å². The number of ether oxygens (including phenoxy) is 2. The number of rotatable bonds is 5. The average Bonchev–Trinajstić information content (AvgIpc) is 2.53. The van der Waals surface area contributed by atoms with Gasteiger partial charge in [0.15, 0.2) is 21.3 Å². The van der Waals surface area contributed by atoms with Gasteiger partial charge in [0.25, 0.3) is 0 Å². The highest BCUT2D eigenvalue weighted by Gasteiger charge is 2.25. The monoisotopic (exact) mass is 320 g/mol. The second-order valence-electron chi connectivity index (χ2n) is 5.11. The number of benzene rings is 2. The topological polar surface area (TPSA) is 52.6 Å². The fraction of sp³-hybridized carbons (Fsp3) is 0.294. The van der Waals surface area contributed by atoms with E-state index in [0.717, 1.165) is 5.56 Å². The van der Waals surface area contributed by atoms with Crippen LogP contribution < -0.4 is 9.47 Å². The molecule has 5 heteroatoms. The number of aryl methyl sites for hydroxylation is 1. The minimum Gasteiger partial charge on any atom is -0.493 e. The minimum absolute atomic E-state index is 0.320. The van der Waals surface area contributed by atoms with Crippen molar-refractivity contribution in [3.8, 4) is 11.5 Å². The summed E-state index contributed by atoms with van der Waals surface area (Å²) in [4.78, 5) is 0.320. The van der Waals surface area contributed by atoms with E-state index in [4.69, 9.17) is 9.47 Å². The van der Waals surface area contributed by atoms with Gasteiger partial charge >= 0.3 is 0 Å². The van der Waals surface area contributed by atoms with E-state index < -0.39 is 15.1 Å². The van der Waals surface area contributed by atoms with Gasteiger partial charge < -0.3 is 9.47 Å². The largest absolute Gasteiger partial charge is 0.493 e. The smallest absolute Gasteiger partial charge is 0.185 e. The van der Waals surface area contributed by atoms with Crippen molar-refractivity contribution in [2.75, 3.05) is 14.2 Å². The van der Waals surface area contributed by atoms with Gasteiger partial charge in [-0.15, -0.1) is 0 Å². The quantitative estimate of drug-likeness (QED) is 0.845. The zero-order valence-electron chi connectivity index (χ0n) is 13.2. The summed E-state index contributed by atoms with van der Waals surface area (Å²) in [5.41, 5.74) is 1.69.